The lowest BCUT2D eigenvalue weighted by Gasteiger charge is -2.21. The molecule has 1 fully saturated rings. The van der Waals surface area contributed by atoms with E-state index in [9.17, 15) is 13.2 Å². The molecule has 3 rings (SSSR count). The molecule has 2 aromatic rings. The summed E-state index contributed by atoms with van der Waals surface area (Å²) in [4.78, 5) is 11.9. The number of nitrogens with one attached hydrogen (secondary N) is 1. The molecule has 1 N–H and O–H groups in total. The molecule has 1 saturated heterocycles. The van der Waals surface area contributed by atoms with Crippen LogP contribution >= 0.6 is 0 Å². The Morgan fingerprint density at radius 3 is 2.75 bits per heavy atom. The minimum absolute atomic E-state index is 0.0296. The molecule has 1 aliphatic heterocycles. The van der Waals surface area contributed by atoms with Gasteiger partial charge in [-0.05, 0) is 0 Å². The molecule has 1 aromatic carbocycles. The largest absolute Gasteiger partial charge is 0.376 e. The smallest absolute Gasteiger partial charge is 0.264 e. The van der Waals surface area contributed by atoms with E-state index in [0.717, 1.165) is 5.56 Å². The molecule has 2 heterocycles. The maximum atomic E-state index is 12.1. The fraction of sp³-hybridized carbons (Fsp3) is 0.333. The minimum Gasteiger partial charge on any atom is -0.376 e. The van der Waals surface area contributed by atoms with Gasteiger partial charge in [-0.15, -0.1) is 0 Å². The van der Waals surface area contributed by atoms with Crippen molar-refractivity contribution in [2.75, 3.05) is 19.8 Å². The first kappa shape index (κ1) is 16.6. The zero-order valence-electron chi connectivity index (χ0n) is 12.7. The molecular formula is C15H16N2O6S. The van der Waals surface area contributed by atoms with Crippen LogP contribution in [-0.4, -0.2) is 45.4 Å². The van der Waals surface area contributed by atoms with Crippen LogP contribution in [0.5, 0.6) is 0 Å². The van der Waals surface area contributed by atoms with Crippen LogP contribution in [0.2, 0.25) is 0 Å². The summed E-state index contributed by atoms with van der Waals surface area (Å²) in [6.45, 7) is 0.666. The van der Waals surface area contributed by atoms with Crippen molar-refractivity contribution >= 4 is 15.9 Å². The number of carbonyl (C=O) groups excluding carboxylic acids is 1. The first-order valence-corrected chi connectivity index (χ1v) is 8.93. The molecule has 0 aliphatic carbocycles. The van der Waals surface area contributed by atoms with Crippen LogP contribution in [0, 0.1) is 0 Å². The number of amides is 1. The van der Waals surface area contributed by atoms with E-state index in [1.54, 1.807) is 0 Å². The fourth-order valence-corrected chi connectivity index (χ4v) is 3.23. The van der Waals surface area contributed by atoms with Gasteiger partial charge in [-0.25, -0.2) is 8.42 Å². The van der Waals surface area contributed by atoms with Crippen molar-refractivity contribution in [3.8, 4) is 11.3 Å². The quantitative estimate of drug-likeness (QED) is 0.844. The second-order valence-electron chi connectivity index (χ2n) is 5.20. The Balaban J connectivity index is 1.64. The van der Waals surface area contributed by atoms with Gasteiger partial charge >= 0.3 is 0 Å². The molecule has 8 nitrogen and oxygen atoms in total. The standard InChI is InChI=1S/C15H16N2O6S/c18-15(14-9-21-6-7-22-14)17-24(19,20)10-12-8-13(16-23-12)11-4-2-1-3-5-11/h1-5,8,14H,6-7,9-10H2,(H,17,18)/t14-/m0/s1. The van der Waals surface area contributed by atoms with E-state index in [2.05, 4.69) is 5.16 Å². The average Bonchev–Trinajstić information content (AvgIpc) is 3.03. The molecule has 0 bridgehead atoms. The maximum Gasteiger partial charge on any atom is 0.264 e. The Morgan fingerprint density at radius 2 is 2.04 bits per heavy atom. The third-order valence-electron chi connectivity index (χ3n) is 3.33. The molecule has 1 aromatic heterocycles. The number of ether oxygens (including phenoxy) is 2. The zero-order chi connectivity index (χ0) is 17.0. The van der Waals surface area contributed by atoms with Gasteiger partial charge in [0, 0.05) is 11.6 Å². The molecule has 1 amide bonds. The van der Waals surface area contributed by atoms with Gasteiger partial charge in [0.1, 0.15) is 11.4 Å². The van der Waals surface area contributed by atoms with Crippen molar-refractivity contribution in [2.45, 2.75) is 11.9 Å². The van der Waals surface area contributed by atoms with Crippen LogP contribution in [0.15, 0.2) is 40.9 Å². The third-order valence-corrected chi connectivity index (χ3v) is 4.50. The summed E-state index contributed by atoms with van der Waals surface area (Å²) in [5, 5.41) is 3.84. The predicted octanol–water partition coefficient (Wildman–Crippen LogP) is 0.703. The van der Waals surface area contributed by atoms with Gasteiger partial charge in [0.2, 0.25) is 10.0 Å². The lowest BCUT2D eigenvalue weighted by atomic mass is 10.1. The molecule has 1 atom stereocenters. The molecule has 24 heavy (non-hydrogen) atoms. The number of carbonyl (C=O) groups is 1. The van der Waals surface area contributed by atoms with E-state index in [1.165, 1.54) is 6.07 Å². The molecule has 128 valence electrons. The lowest BCUT2D eigenvalue weighted by molar-refractivity contribution is -0.145. The van der Waals surface area contributed by atoms with Crippen molar-refractivity contribution in [3.05, 3.63) is 42.2 Å². The van der Waals surface area contributed by atoms with Gasteiger partial charge in [-0.2, -0.15) is 0 Å². The highest BCUT2D eigenvalue weighted by Crippen LogP contribution is 2.19. The topological polar surface area (TPSA) is 108 Å². The molecule has 0 unspecified atom stereocenters. The Labute approximate surface area is 138 Å². The third kappa shape index (κ3) is 4.19. The second kappa shape index (κ2) is 7.12. The fourth-order valence-electron chi connectivity index (χ4n) is 2.21. The maximum absolute atomic E-state index is 12.1. The lowest BCUT2D eigenvalue weighted by Crippen LogP contribution is -2.45. The van der Waals surface area contributed by atoms with Gasteiger partial charge in [-0.1, -0.05) is 35.5 Å². The first-order chi connectivity index (χ1) is 11.5. The molecule has 0 saturated carbocycles. The normalized spacial score (nSPS) is 18.2. The summed E-state index contributed by atoms with van der Waals surface area (Å²) in [5.41, 5.74) is 1.33. The Bertz CT molecular complexity index is 796. The van der Waals surface area contributed by atoms with Gasteiger partial charge in [-0.3, -0.25) is 9.52 Å². The van der Waals surface area contributed by atoms with Gasteiger partial charge in [0.15, 0.2) is 11.9 Å². The molecule has 9 heteroatoms. The number of benzene rings is 1. The Hall–Kier alpha value is -2.23. The van der Waals surface area contributed by atoms with Crippen molar-refractivity contribution in [1.82, 2.24) is 9.88 Å². The number of hydrogen-bond donors (Lipinski definition) is 1. The summed E-state index contributed by atoms with van der Waals surface area (Å²) in [7, 11) is -3.92. The molecule has 0 spiro atoms. The molecular weight excluding hydrogens is 336 g/mol. The van der Waals surface area contributed by atoms with Crippen LogP contribution in [0.25, 0.3) is 11.3 Å². The van der Waals surface area contributed by atoms with Crippen molar-refractivity contribution < 1.29 is 27.2 Å². The van der Waals surface area contributed by atoms with Crippen LogP contribution < -0.4 is 4.72 Å². The van der Waals surface area contributed by atoms with Crippen molar-refractivity contribution in [3.63, 3.8) is 0 Å². The van der Waals surface area contributed by atoms with Crippen LogP contribution in [0.4, 0.5) is 0 Å². The Morgan fingerprint density at radius 1 is 1.25 bits per heavy atom. The monoisotopic (exact) mass is 352 g/mol. The minimum atomic E-state index is -3.92. The number of sulfonamides is 1. The summed E-state index contributed by atoms with van der Waals surface area (Å²) in [6, 6.07) is 10.7. The number of nitrogens with zero attached hydrogens (tertiary/aromatic N) is 1. The van der Waals surface area contributed by atoms with E-state index >= 15 is 0 Å². The average molecular weight is 352 g/mol. The van der Waals surface area contributed by atoms with E-state index < -0.39 is 27.8 Å². The first-order valence-electron chi connectivity index (χ1n) is 7.28. The molecule has 0 radical (unpaired) electrons. The number of hydrogen-bond acceptors (Lipinski definition) is 7. The summed E-state index contributed by atoms with van der Waals surface area (Å²) in [5.74, 6) is -1.11. The van der Waals surface area contributed by atoms with Crippen LogP contribution in [0.3, 0.4) is 0 Å². The van der Waals surface area contributed by atoms with E-state index in [1.807, 2.05) is 35.1 Å². The van der Waals surface area contributed by atoms with Gasteiger partial charge in [0.25, 0.3) is 5.91 Å². The number of aromatic nitrogens is 1. The second-order valence-corrected chi connectivity index (χ2v) is 6.93. The van der Waals surface area contributed by atoms with Gasteiger partial charge < -0.3 is 14.0 Å². The highest BCUT2D eigenvalue weighted by Gasteiger charge is 2.27. The van der Waals surface area contributed by atoms with Gasteiger partial charge in [0.05, 0.1) is 19.8 Å². The number of rotatable bonds is 5. The highest BCUT2D eigenvalue weighted by molar-refractivity contribution is 7.89. The SMILES string of the molecule is O=C(NS(=O)(=O)Cc1cc(-c2ccccc2)no1)[C@@H]1COCCO1. The summed E-state index contributed by atoms with van der Waals surface area (Å²) in [6.07, 6.45) is -0.928. The zero-order valence-corrected chi connectivity index (χ0v) is 13.5. The van der Waals surface area contributed by atoms with Crippen molar-refractivity contribution in [2.24, 2.45) is 0 Å². The van der Waals surface area contributed by atoms with E-state index in [0.29, 0.717) is 12.3 Å². The predicted molar refractivity (Wildman–Crippen MR) is 83.3 cm³/mol. The summed E-state index contributed by atoms with van der Waals surface area (Å²) >= 11 is 0. The van der Waals surface area contributed by atoms with Crippen molar-refractivity contribution in [1.29, 1.82) is 0 Å². The Kier molecular flexibility index (Phi) is 4.93. The van der Waals surface area contributed by atoms with E-state index in [-0.39, 0.29) is 19.0 Å². The van der Waals surface area contributed by atoms with Crippen LogP contribution in [0.1, 0.15) is 5.76 Å². The molecule has 1 aliphatic rings. The van der Waals surface area contributed by atoms with Crippen LogP contribution in [-0.2, 0) is 30.0 Å². The summed E-state index contributed by atoms with van der Waals surface area (Å²) < 4.78 is 41.4. The highest BCUT2D eigenvalue weighted by atomic mass is 32.2. The van der Waals surface area contributed by atoms with E-state index in [4.69, 9.17) is 14.0 Å².